The molecule has 0 aliphatic rings. The summed E-state index contributed by atoms with van der Waals surface area (Å²) >= 11 is 0. The van der Waals surface area contributed by atoms with Crippen LogP contribution in [0.4, 0.5) is 11.4 Å². The Labute approximate surface area is 138 Å². The van der Waals surface area contributed by atoms with Gasteiger partial charge in [0.1, 0.15) is 34.3 Å². The van der Waals surface area contributed by atoms with Crippen molar-refractivity contribution in [1.82, 2.24) is 10.2 Å². The molecule has 0 aliphatic carbocycles. The number of aromatic hydroxyl groups is 2. The molecule has 0 amide bonds. The number of phenols is 2. The summed E-state index contributed by atoms with van der Waals surface area (Å²) < 4.78 is 0. The first-order valence-corrected chi connectivity index (χ1v) is 7.20. The zero-order chi connectivity index (χ0) is 16.8. The fraction of sp³-hybridized carbons (Fsp3) is 0. The summed E-state index contributed by atoms with van der Waals surface area (Å²) in [5.41, 5.74) is 2.03. The van der Waals surface area contributed by atoms with E-state index in [-0.39, 0.29) is 11.5 Å². The maximum Gasteiger partial charge on any atom is 0.141 e. The molecule has 0 saturated carbocycles. The molecule has 0 fully saturated rings. The van der Waals surface area contributed by atoms with Crippen molar-refractivity contribution in [1.29, 1.82) is 0 Å². The van der Waals surface area contributed by atoms with Gasteiger partial charge in [0.2, 0.25) is 0 Å². The molecule has 3 rings (SSSR count). The van der Waals surface area contributed by atoms with E-state index in [4.69, 9.17) is 0 Å². The molecule has 0 saturated heterocycles. The van der Waals surface area contributed by atoms with Gasteiger partial charge < -0.3 is 10.2 Å². The molecule has 6 nitrogen and oxygen atoms in total. The third-order valence-electron chi connectivity index (χ3n) is 3.14. The highest BCUT2D eigenvalue weighted by Gasteiger charge is 1.98. The van der Waals surface area contributed by atoms with Crippen molar-refractivity contribution >= 4 is 23.8 Å². The van der Waals surface area contributed by atoms with Crippen LogP contribution >= 0.6 is 0 Å². The highest BCUT2D eigenvalue weighted by molar-refractivity contribution is 5.83. The fourth-order valence-electron chi connectivity index (χ4n) is 1.91. The van der Waals surface area contributed by atoms with E-state index in [0.29, 0.717) is 22.8 Å². The molecule has 1 heterocycles. The molecule has 0 spiro atoms. The molecule has 3 aromatic rings. The van der Waals surface area contributed by atoms with Gasteiger partial charge in [0.25, 0.3) is 0 Å². The summed E-state index contributed by atoms with van der Waals surface area (Å²) in [5, 5.41) is 27.3. The van der Waals surface area contributed by atoms with E-state index >= 15 is 0 Å². The summed E-state index contributed by atoms with van der Waals surface area (Å²) in [5.74, 6) is 0.210. The second-order valence-corrected chi connectivity index (χ2v) is 4.88. The van der Waals surface area contributed by atoms with Crippen LogP contribution in [0.15, 0.2) is 70.6 Å². The van der Waals surface area contributed by atoms with Crippen LogP contribution in [-0.4, -0.2) is 32.8 Å². The van der Waals surface area contributed by atoms with Crippen LogP contribution in [0, 0.1) is 0 Å². The van der Waals surface area contributed by atoms with Gasteiger partial charge in [-0.3, -0.25) is 9.98 Å². The Morgan fingerprint density at radius 2 is 1.04 bits per heavy atom. The molecule has 0 radical (unpaired) electrons. The van der Waals surface area contributed by atoms with E-state index in [1.807, 2.05) is 0 Å². The van der Waals surface area contributed by atoms with E-state index in [9.17, 15) is 10.2 Å². The zero-order valence-electron chi connectivity index (χ0n) is 12.6. The lowest BCUT2D eigenvalue weighted by Gasteiger charge is -1.98. The molecule has 0 bridgehead atoms. The van der Waals surface area contributed by atoms with Crippen LogP contribution in [0.25, 0.3) is 0 Å². The van der Waals surface area contributed by atoms with Gasteiger partial charge in [-0.2, -0.15) is 0 Å². The molecule has 24 heavy (non-hydrogen) atoms. The van der Waals surface area contributed by atoms with Crippen LogP contribution < -0.4 is 0 Å². The van der Waals surface area contributed by atoms with Crippen molar-refractivity contribution in [3.63, 3.8) is 0 Å². The fourth-order valence-corrected chi connectivity index (χ4v) is 1.91. The lowest BCUT2D eigenvalue weighted by Crippen LogP contribution is -1.95. The number of phenolic OH excluding ortho intramolecular Hbond substituents is 2. The van der Waals surface area contributed by atoms with Crippen molar-refractivity contribution in [2.75, 3.05) is 0 Å². The standard InChI is InChI=1S/C18H14N4O2/c23-17-7-3-1-5-15(17)19-11-13-9-10-14(22-21-13)12-20-16-6-2-4-8-18(16)24/h1-12,23-24H. The molecule has 2 N–H and O–H groups in total. The normalized spacial score (nSPS) is 11.3. The first-order valence-electron chi connectivity index (χ1n) is 7.20. The number of hydrogen-bond acceptors (Lipinski definition) is 6. The molecular formula is C18H14N4O2. The second kappa shape index (κ2) is 7.15. The average molecular weight is 318 g/mol. The van der Waals surface area contributed by atoms with E-state index in [1.165, 1.54) is 12.4 Å². The van der Waals surface area contributed by atoms with Gasteiger partial charge >= 0.3 is 0 Å². The Morgan fingerprint density at radius 1 is 0.625 bits per heavy atom. The number of nitrogens with zero attached hydrogens (tertiary/aromatic N) is 4. The Balaban J connectivity index is 1.72. The van der Waals surface area contributed by atoms with Crippen molar-refractivity contribution in [2.24, 2.45) is 9.98 Å². The largest absolute Gasteiger partial charge is 0.506 e. The maximum atomic E-state index is 9.65. The van der Waals surface area contributed by atoms with Crippen molar-refractivity contribution < 1.29 is 10.2 Å². The quantitative estimate of drug-likeness (QED) is 0.721. The first kappa shape index (κ1) is 15.4. The number of aliphatic imine (C=N–C) groups is 2. The number of hydrogen-bond donors (Lipinski definition) is 2. The topological polar surface area (TPSA) is 91.0 Å². The van der Waals surface area contributed by atoms with Crippen LogP contribution in [0.3, 0.4) is 0 Å². The Hall–Kier alpha value is -3.54. The van der Waals surface area contributed by atoms with Crippen LogP contribution in [0.5, 0.6) is 11.5 Å². The Morgan fingerprint density at radius 3 is 1.42 bits per heavy atom. The van der Waals surface area contributed by atoms with Gasteiger partial charge in [-0.25, -0.2) is 0 Å². The van der Waals surface area contributed by atoms with Crippen LogP contribution in [0.2, 0.25) is 0 Å². The van der Waals surface area contributed by atoms with Crippen molar-refractivity contribution in [3.05, 3.63) is 72.1 Å². The minimum atomic E-state index is 0.105. The molecule has 0 atom stereocenters. The Kier molecular flexibility index (Phi) is 4.57. The number of aromatic nitrogens is 2. The molecule has 0 unspecified atom stereocenters. The minimum Gasteiger partial charge on any atom is -0.506 e. The summed E-state index contributed by atoms with van der Waals surface area (Å²) in [7, 11) is 0. The molecular weight excluding hydrogens is 304 g/mol. The molecule has 118 valence electrons. The van der Waals surface area contributed by atoms with Gasteiger partial charge in [-0.1, -0.05) is 24.3 Å². The van der Waals surface area contributed by atoms with Gasteiger partial charge in [0.05, 0.1) is 12.4 Å². The summed E-state index contributed by atoms with van der Waals surface area (Å²) in [6, 6.07) is 17.0. The molecule has 2 aromatic carbocycles. The number of rotatable bonds is 4. The summed E-state index contributed by atoms with van der Waals surface area (Å²) in [6.45, 7) is 0. The number of benzene rings is 2. The molecule has 6 heteroatoms. The zero-order valence-corrected chi connectivity index (χ0v) is 12.6. The summed E-state index contributed by atoms with van der Waals surface area (Å²) in [4.78, 5) is 8.33. The highest BCUT2D eigenvalue weighted by Crippen LogP contribution is 2.25. The van der Waals surface area contributed by atoms with Gasteiger partial charge in [0, 0.05) is 0 Å². The predicted molar refractivity (Wildman–Crippen MR) is 92.8 cm³/mol. The van der Waals surface area contributed by atoms with Gasteiger partial charge in [0.15, 0.2) is 0 Å². The molecule has 0 aliphatic heterocycles. The first-order chi connectivity index (χ1) is 11.7. The third kappa shape index (κ3) is 3.80. The summed E-state index contributed by atoms with van der Waals surface area (Å²) in [6.07, 6.45) is 3.04. The SMILES string of the molecule is Oc1ccccc1N=Cc1ccc(C=Nc2ccccc2O)nn1. The van der Waals surface area contributed by atoms with E-state index in [2.05, 4.69) is 20.2 Å². The highest BCUT2D eigenvalue weighted by atomic mass is 16.3. The lowest BCUT2D eigenvalue weighted by atomic mass is 10.3. The van der Waals surface area contributed by atoms with Crippen LogP contribution in [0.1, 0.15) is 11.4 Å². The van der Waals surface area contributed by atoms with Crippen LogP contribution in [-0.2, 0) is 0 Å². The average Bonchev–Trinajstić information content (AvgIpc) is 2.61. The molecule has 1 aromatic heterocycles. The van der Waals surface area contributed by atoms with Crippen molar-refractivity contribution in [3.8, 4) is 11.5 Å². The van der Waals surface area contributed by atoms with Gasteiger partial charge in [-0.15, -0.1) is 10.2 Å². The lowest BCUT2D eigenvalue weighted by molar-refractivity contribution is 0.476. The van der Waals surface area contributed by atoms with Gasteiger partial charge in [-0.05, 0) is 36.4 Å². The smallest absolute Gasteiger partial charge is 0.141 e. The third-order valence-corrected chi connectivity index (χ3v) is 3.14. The minimum absolute atomic E-state index is 0.105. The van der Waals surface area contributed by atoms with E-state index in [0.717, 1.165) is 0 Å². The second-order valence-electron chi connectivity index (χ2n) is 4.88. The van der Waals surface area contributed by atoms with Crippen molar-refractivity contribution in [2.45, 2.75) is 0 Å². The maximum absolute atomic E-state index is 9.65. The number of para-hydroxylation sites is 4. The van der Waals surface area contributed by atoms with E-state index in [1.54, 1.807) is 60.7 Å². The van der Waals surface area contributed by atoms with E-state index < -0.39 is 0 Å². The monoisotopic (exact) mass is 318 g/mol. The predicted octanol–water partition coefficient (Wildman–Crippen LogP) is 3.39. The Bertz CT molecular complexity index is 815.